The minimum atomic E-state index is 0.566. The molecule has 0 N–H and O–H groups in total. The zero-order chi connectivity index (χ0) is 44.9. The maximum atomic E-state index is 5.53. The molecule has 3 aromatic heterocycles. The number of hydrogen-bond donors (Lipinski definition) is 0. The normalized spacial score (nSPS) is 11.3. The molecular formula is C55H41B5N6. The summed E-state index contributed by atoms with van der Waals surface area (Å²) in [5, 5.41) is 2.32. The van der Waals surface area contributed by atoms with Gasteiger partial charge in [-0.05, 0) is 41.5 Å². The summed E-state index contributed by atoms with van der Waals surface area (Å²) < 4.78 is 2.38. The van der Waals surface area contributed by atoms with Crippen LogP contribution >= 0.6 is 0 Å². The van der Waals surface area contributed by atoms with E-state index in [0.717, 1.165) is 83.4 Å². The molecule has 0 aliphatic rings. The summed E-state index contributed by atoms with van der Waals surface area (Å²) in [5.74, 6) is 2.47. The number of rotatable bonds is 8. The van der Waals surface area contributed by atoms with E-state index >= 15 is 0 Å². The van der Waals surface area contributed by atoms with Gasteiger partial charge in [0.2, 0.25) is 0 Å². The molecule has 0 radical (unpaired) electrons. The van der Waals surface area contributed by atoms with Gasteiger partial charge in [0.25, 0.3) is 0 Å². The van der Waals surface area contributed by atoms with Gasteiger partial charge in [0.05, 0.1) is 28.1 Å². The Morgan fingerprint density at radius 1 is 0.303 bits per heavy atom. The van der Waals surface area contributed by atoms with Crippen molar-refractivity contribution >= 4 is 88.4 Å². The van der Waals surface area contributed by atoms with Crippen LogP contribution in [0.1, 0.15) is 0 Å². The van der Waals surface area contributed by atoms with Crippen LogP contribution in [0.3, 0.4) is 0 Å². The van der Waals surface area contributed by atoms with Gasteiger partial charge in [0, 0.05) is 44.2 Å². The van der Waals surface area contributed by atoms with Crippen molar-refractivity contribution in [1.82, 2.24) is 29.5 Å². The third-order valence-electron chi connectivity index (χ3n) is 13.3. The molecule has 0 saturated heterocycles. The predicted molar refractivity (Wildman–Crippen MR) is 289 cm³/mol. The van der Waals surface area contributed by atoms with Gasteiger partial charge in [-0.3, -0.25) is 0 Å². The molecule has 66 heavy (non-hydrogen) atoms. The molecule has 0 aliphatic heterocycles. The van der Waals surface area contributed by atoms with Gasteiger partial charge in [-0.25, -0.2) is 24.9 Å². The van der Waals surface area contributed by atoms with Crippen molar-refractivity contribution in [1.29, 1.82) is 0 Å². The van der Waals surface area contributed by atoms with Crippen molar-refractivity contribution in [3.63, 3.8) is 0 Å². The van der Waals surface area contributed by atoms with E-state index in [-0.39, 0.29) is 0 Å². The molecule has 0 saturated carbocycles. The number of benzene rings is 8. The maximum Gasteiger partial charge on any atom is 0.166 e. The zero-order valence-corrected chi connectivity index (χ0v) is 37.6. The smallest absolute Gasteiger partial charge is 0.166 e. The van der Waals surface area contributed by atoms with Gasteiger partial charge >= 0.3 is 0 Å². The van der Waals surface area contributed by atoms with Gasteiger partial charge in [-0.2, -0.15) is 0 Å². The van der Waals surface area contributed by atoms with Gasteiger partial charge in [-0.1, -0.05) is 169 Å². The summed E-state index contributed by atoms with van der Waals surface area (Å²) in [5.41, 5.74) is 18.8. The monoisotopic (exact) mass is 840 g/mol. The van der Waals surface area contributed by atoms with E-state index in [9.17, 15) is 0 Å². The quantitative estimate of drug-likeness (QED) is 0.208. The van der Waals surface area contributed by atoms with Gasteiger partial charge in [-0.15, -0.1) is 16.4 Å². The molecule has 0 aliphatic carbocycles. The number of fused-ring (bicyclic) bond motifs is 3. The van der Waals surface area contributed by atoms with Crippen molar-refractivity contribution in [3.05, 3.63) is 188 Å². The van der Waals surface area contributed by atoms with Crippen LogP contribution in [0, 0.1) is 0 Å². The van der Waals surface area contributed by atoms with Crippen molar-refractivity contribution in [2.24, 2.45) is 0 Å². The summed E-state index contributed by atoms with van der Waals surface area (Å²) in [7, 11) is 11.0. The second kappa shape index (κ2) is 16.8. The van der Waals surface area contributed by atoms with Crippen molar-refractivity contribution in [2.45, 2.75) is 0 Å². The van der Waals surface area contributed by atoms with Gasteiger partial charge in [0.15, 0.2) is 23.3 Å². The van der Waals surface area contributed by atoms with E-state index in [4.69, 9.17) is 24.9 Å². The van der Waals surface area contributed by atoms with Crippen LogP contribution in [0.25, 0.3) is 107 Å². The first-order valence-electron chi connectivity index (χ1n) is 22.4. The fourth-order valence-corrected chi connectivity index (χ4v) is 9.34. The first kappa shape index (κ1) is 40.7. The lowest BCUT2D eigenvalue weighted by Gasteiger charge is -2.20. The lowest BCUT2D eigenvalue weighted by atomic mass is 9.60. The summed E-state index contributed by atoms with van der Waals surface area (Å²) in [6.07, 6.45) is 0. The molecule has 11 aromatic rings. The first-order valence-corrected chi connectivity index (χ1v) is 22.4. The Morgan fingerprint density at radius 3 is 1.41 bits per heavy atom. The number of para-hydroxylation sites is 1. The minimum Gasteiger partial charge on any atom is -0.308 e. The Kier molecular flexibility index (Phi) is 10.4. The van der Waals surface area contributed by atoms with Crippen LogP contribution in [0.4, 0.5) is 0 Å². The second-order valence-corrected chi connectivity index (χ2v) is 17.0. The zero-order valence-electron chi connectivity index (χ0n) is 37.6. The highest BCUT2D eigenvalue weighted by Crippen LogP contribution is 2.40. The molecule has 6 nitrogen and oxygen atoms in total. The highest BCUT2D eigenvalue weighted by Gasteiger charge is 2.23. The highest BCUT2D eigenvalue weighted by atomic mass is 15.1. The average Bonchev–Trinajstić information content (AvgIpc) is 3.71. The van der Waals surface area contributed by atoms with Gasteiger partial charge < -0.3 is 4.57 Å². The summed E-state index contributed by atoms with van der Waals surface area (Å²) >= 11 is 0. The third kappa shape index (κ3) is 7.23. The van der Waals surface area contributed by atoms with Crippen LogP contribution in [-0.4, -0.2) is 68.7 Å². The Labute approximate surface area is 389 Å². The lowest BCUT2D eigenvalue weighted by molar-refractivity contribution is 1.07. The average molecular weight is 840 g/mol. The molecule has 3 heterocycles. The molecule has 11 heteroatoms. The van der Waals surface area contributed by atoms with Crippen LogP contribution in [0.2, 0.25) is 0 Å². The minimum absolute atomic E-state index is 0.566. The lowest BCUT2D eigenvalue weighted by Crippen LogP contribution is -2.55. The summed E-state index contributed by atoms with van der Waals surface area (Å²) in [6, 6.07) is 65.4. The van der Waals surface area contributed by atoms with E-state index in [0.29, 0.717) is 23.3 Å². The fraction of sp³-hybridized carbons (Fsp3) is 0. The number of hydrogen-bond acceptors (Lipinski definition) is 5. The molecular weight excluding hydrogens is 799 g/mol. The fourth-order valence-electron chi connectivity index (χ4n) is 9.34. The van der Waals surface area contributed by atoms with Gasteiger partial charge in [0.1, 0.15) is 39.2 Å². The van der Waals surface area contributed by atoms with E-state index in [1.54, 1.807) is 0 Å². The first-order chi connectivity index (χ1) is 32.3. The second-order valence-electron chi connectivity index (χ2n) is 17.0. The Bertz CT molecular complexity index is 3560. The van der Waals surface area contributed by atoms with Crippen LogP contribution in [-0.2, 0) is 0 Å². The van der Waals surface area contributed by atoms with E-state index in [2.05, 4.69) is 177 Å². The highest BCUT2D eigenvalue weighted by molar-refractivity contribution is 6.68. The molecule has 0 bridgehead atoms. The van der Waals surface area contributed by atoms with E-state index in [1.165, 1.54) is 27.3 Å². The molecule has 11 rings (SSSR count). The molecule has 8 aromatic carbocycles. The molecule has 0 spiro atoms. The van der Waals surface area contributed by atoms with Crippen LogP contribution in [0.5, 0.6) is 0 Å². The predicted octanol–water partition coefficient (Wildman–Crippen LogP) is 4.72. The Balaban J connectivity index is 1.24. The van der Waals surface area contributed by atoms with Crippen molar-refractivity contribution in [2.75, 3.05) is 0 Å². The summed E-state index contributed by atoms with van der Waals surface area (Å²) in [4.78, 5) is 26.6. The third-order valence-corrected chi connectivity index (χ3v) is 13.3. The van der Waals surface area contributed by atoms with Crippen LogP contribution < -0.4 is 27.3 Å². The Hall–Kier alpha value is -8.03. The molecule has 0 amide bonds. The largest absolute Gasteiger partial charge is 0.308 e. The SMILES string of the molecule is Bc1c(B)c(B)c(-c2nc(-c3ccccc3)nc(-c3cc(-c4cc(-c5ccccc5)nc(-c5ccccc5)n4)ccc3-n3c4ccccc4c4ccc(-c5ccccc5)cc43)n2)c(B)c1B. The molecule has 0 atom stereocenters. The maximum absolute atomic E-state index is 5.53. The van der Waals surface area contributed by atoms with Crippen molar-refractivity contribution in [3.8, 4) is 84.9 Å². The number of nitrogens with zero attached hydrogens (tertiary/aromatic N) is 6. The van der Waals surface area contributed by atoms with Crippen molar-refractivity contribution < 1.29 is 0 Å². The number of aromatic nitrogens is 6. The molecule has 0 unspecified atom stereocenters. The topological polar surface area (TPSA) is 69.4 Å². The van der Waals surface area contributed by atoms with Crippen LogP contribution in [0.15, 0.2) is 188 Å². The van der Waals surface area contributed by atoms with E-state index < -0.39 is 0 Å². The molecule has 0 fully saturated rings. The standard InChI is InChI=1S/C55H41B5N6/c56-47-46(48(57)50(59)51(60)49(47)58)55-64-53(35-21-11-4-12-22-35)63-54(65-55)40-29-37(42-31-41(33-17-7-2-8-18-33)61-52(62-42)34-19-9-3-10-20-34)26-28-44(40)66-43-24-14-13-23-38(43)39-27-25-36(30-45(39)66)32-15-5-1-6-16-32/h1-31H,56-60H2. The summed E-state index contributed by atoms with van der Waals surface area (Å²) in [6.45, 7) is 0. The Morgan fingerprint density at radius 2 is 0.773 bits per heavy atom. The molecule has 306 valence electrons. The van der Waals surface area contributed by atoms with E-state index in [1.807, 2.05) is 54.6 Å².